The number of nitrogens with one attached hydrogen (secondary N) is 1. The van der Waals surface area contributed by atoms with Crippen molar-refractivity contribution >= 4 is 5.91 Å². The van der Waals surface area contributed by atoms with Gasteiger partial charge in [-0.3, -0.25) is 4.79 Å². The first-order valence-corrected chi connectivity index (χ1v) is 5.43. The summed E-state index contributed by atoms with van der Waals surface area (Å²) in [5, 5.41) is 2.38. The number of carbonyl (C=O) groups excluding carboxylic acids is 1. The van der Waals surface area contributed by atoms with Crippen molar-refractivity contribution in [3.63, 3.8) is 0 Å². The van der Waals surface area contributed by atoms with Gasteiger partial charge >= 0.3 is 0 Å². The number of hydrogen-bond acceptors (Lipinski definition) is 1. The van der Waals surface area contributed by atoms with Crippen molar-refractivity contribution in [2.75, 3.05) is 0 Å². The fraction of sp³-hybridized carbons (Fsp3) is 0.667. The quantitative estimate of drug-likeness (QED) is 0.492. The molecule has 0 spiro atoms. The normalized spacial score (nSPS) is 13.1. The average molecular weight is 196 g/mol. The zero-order chi connectivity index (χ0) is 10.8. The van der Waals surface area contributed by atoms with Gasteiger partial charge in [-0.25, -0.2) is 0 Å². The van der Waals surface area contributed by atoms with Crippen molar-refractivity contribution in [1.82, 2.24) is 5.32 Å². The number of unbranched alkanes of at least 4 members (excludes halogenated alkanes) is 2. The molecule has 1 atom stereocenters. The number of hydrogen-bond donors (Lipinski definition) is 1. The molecule has 0 saturated carbocycles. The molecule has 0 aliphatic carbocycles. The zero-order valence-electron chi connectivity index (χ0n) is 9.38. The molecule has 1 N–H and O–H groups in total. The highest BCUT2D eigenvalue weighted by molar-refractivity contribution is 5.75. The maximum atomic E-state index is 10.8. The monoisotopic (exact) mass is 196 g/mol. The Kier molecular flexibility index (Phi) is 8.30. The third-order valence-electron chi connectivity index (χ3n) is 2.33. The van der Waals surface area contributed by atoms with Gasteiger partial charge in [0.15, 0.2) is 0 Å². The van der Waals surface area contributed by atoms with Crippen LogP contribution in [-0.2, 0) is 4.79 Å². The maximum Gasteiger partial charge on any atom is 0.220 e. The van der Waals surface area contributed by atoms with Gasteiger partial charge in [0.25, 0.3) is 0 Å². The molecule has 1 amide bonds. The second-order valence-corrected chi connectivity index (χ2v) is 3.66. The van der Waals surface area contributed by atoms with E-state index in [4.69, 9.17) is 0 Å². The maximum absolute atomic E-state index is 10.8. The molecular weight excluding hydrogens is 174 g/mol. The summed E-state index contributed by atoms with van der Waals surface area (Å²) in [6, 6.07) is 0. The lowest BCUT2D eigenvalue weighted by Crippen LogP contribution is -2.14. The first kappa shape index (κ1) is 13.2. The highest BCUT2D eigenvalue weighted by Gasteiger charge is 1.96. The van der Waals surface area contributed by atoms with Crippen molar-refractivity contribution in [1.29, 1.82) is 0 Å². The topological polar surface area (TPSA) is 29.1 Å². The summed E-state index contributed by atoms with van der Waals surface area (Å²) in [5.41, 5.74) is 0. The summed E-state index contributed by atoms with van der Waals surface area (Å²) < 4.78 is 0. The van der Waals surface area contributed by atoms with E-state index in [1.165, 1.54) is 6.42 Å². The van der Waals surface area contributed by atoms with E-state index in [9.17, 15) is 4.79 Å². The van der Waals surface area contributed by atoms with Crippen LogP contribution in [0.4, 0.5) is 0 Å². The van der Waals surface area contributed by atoms with Gasteiger partial charge in [-0.1, -0.05) is 32.4 Å². The molecule has 0 aliphatic rings. The average Bonchev–Trinajstić information content (AvgIpc) is 2.22. The Bertz CT molecular complexity index is 175. The van der Waals surface area contributed by atoms with Crippen LogP contribution in [0.2, 0.25) is 0 Å². The molecule has 2 heteroatoms. The summed E-state index contributed by atoms with van der Waals surface area (Å²) >= 11 is 0. The molecule has 14 heavy (non-hydrogen) atoms. The molecule has 0 aromatic carbocycles. The molecule has 0 heterocycles. The van der Waals surface area contributed by atoms with Crippen LogP contribution in [-0.4, -0.2) is 5.91 Å². The Balaban J connectivity index is 3.29. The SMILES string of the molecule is [CH2]NC(=O)CCCC/C=C/C(C)CC. The van der Waals surface area contributed by atoms with E-state index in [1.54, 1.807) is 0 Å². The Morgan fingerprint density at radius 3 is 2.79 bits per heavy atom. The van der Waals surface area contributed by atoms with Crippen LogP contribution < -0.4 is 5.32 Å². The van der Waals surface area contributed by atoms with Gasteiger partial charge in [-0.2, -0.15) is 0 Å². The van der Waals surface area contributed by atoms with Crippen molar-refractivity contribution in [2.45, 2.75) is 46.0 Å². The molecular formula is C12H22NO. The minimum Gasteiger partial charge on any atom is -0.354 e. The Morgan fingerprint density at radius 2 is 2.21 bits per heavy atom. The van der Waals surface area contributed by atoms with Crippen molar-refractivity contribution < 1.29 is 4.79 Å². The smallest absolute Gasteiger partial charge is 0.220 e. The van der Waals surface area contributed by atoms with Gasteiger partial charge in [0, 0.05) is 13.5 Å². The van der Waals surface area contributed by atoms with Crippen LogP contribution in [0.3, 0.4) is 0 Å². The molecule has 0 bridgehead atoms. The van der Waals surface area contributed by atoms with Gasteiger partial charge in [0.1, 0.15) is 0 Å². The molecule has 0 rings (SSSR count). The van der Waals surface area contributed by atoms with Crippen LogP contribution in [0.15, 0.2) is 12.2 Å². The third kappa shape index (κ3) is 7.84. The van der Waals surface area contributed by atoms with E-state index in [0.29, 0.717) is 12.3 Å². The molecule has 0 fully saturated rings. The summed E-state index contributed by atoms with van der Waals surface area (Å²) in [6.07, 6.45) is 9.38. The van der Waals surface area contributed by atoms with Crippen LogP contribution in [0, 0.1) is 13.0 Å². The van der Waals surface area contributed by atoms with Gasteiger partial charge in [0.2, 0.25) is 5.91 Å². The fourth-order valence-corrected chi connectivity index (χ4v) is 1.10. The van der Waals surface area contributed by atoms with Crippen molar-refractivity contribution in [3.05, 3.63) is 19.2 Å². The molecule has 2 nitrogen and oxygen atoms in total. The Morgan fingerprint density at radius 1 is 1.50 bits per heavy atom. The first-order chi connectivity index (χ1) is 6.70. The van der Waals surface area contributed by atoms with Gasteiger partial charge in [-0.05, 0) is 25.2 Å². The van der Waals surface area contributed by atoms with E-state index in [-0.39, 0.29) is 5.91 Å². The summed E-state index contributed by atoms with van der Waals surface area (Å²) in [4.78, 5) is 10.8. The second kappa shape index (κ2) is 8.79. The predicted octanol–water partition coefficient (Wildman–Crippen LogP) is 3.06. The Labute approximate surface area is 87.8 Å². The van der Waals surface area contributed by atoms with Crippen LogP contribution in [0.25, 0.3) is 0 Å². The van der Waals surface area contributed by atoms with Crippen LogP contribution in [0.1, 0.15) is 46.0 Å². The molecule has 0 aliphatic heterocycles. The predicted molar refractivity (Wildman–Crippen MR) is 60.6 cm³/mol. The van der Waals surface area contributed by atoms with Gasteiger partial charge in [0.05, 0.1) is 0 Å². The van der Waals surface area contributed by atoms with Crippen molar-refractivity contribution in [2.24, 2.45) is 5.92 Å². The number of amides is 1. The lowest BCUT2D eigenvalue weighted by molar-refractivity contribution is -0.120. The third-order valence-corrected chi connectivity index (χ3v) is 2.33. The van der Waals surface area contributed by atoms with E-state index in [2.05, 4.69) is 38.4 Å². The Hall–Kier alpha value is -0.790. The van der Waals surface area contributed by atoms with E-state index in [1.807, 2.05) is 0 Å². The largest absolute Gasteiger partial charge is 0.354 e. The standard InChI is InChI=1S/C12H22NO/c1-4-11(2)9-7-5-6-8-10-12(14)13-3/h7,9,11H,3-6,8,10H2,1-2H3,(H,13,14)/b9-7+. The van der Waals surface area contributed by atoms with E-state index < -0.39 is 0 Å². The molecule has 81 valence electrons. The molecule has 0 aromatic rings. The van der Waals surface area contributed by atoms with Crippen molar-refractivity contribution in [3.8, 4) is 0 Å². The zero-order valence-corrected chi connectivity index (χ0v) is 9.38. The van der Waals surface area contributed by atoms with Gasteiger partial charge < -0.3 is 5.32 Å². The minimum absolute atomic E-state index is 0.0379. The first-order valence-electron chi connectivity index (χ1n) is 5.43. The van der Waals surface area contributed by atoms with E-state index in [0.717, 1.165) is 19.3 Å². The van der Waals surface area contributed by atoms with Gasteiger partial charge in [-0.15, -0.1) is 0 Å². The van der Waals surface area contributed by atoms with Crippen LogP contribution in [0.5, 0.6) is 0 Å². The fourth-order valence-electron chi connectivity index (χ4n) is 1.10. The summed E-state index contributed by atoms with van der Waals surface area (Å²) in [7, 11) is 3.32. The molecule has 1 radical (unpaired) electrons. The second-order valence-electron chi connectivity index (χ2n) is 3.66. The summed E-state index contributed by atoms with van der Waals surface area (Å²) in [6.45, 7) is 4.40. The molecule has 0 aromatic heterocycles. The number of allylic oxidation sites excluding steroid dienone is 2. The highest BCUT2D eigenvalue weighted by Crippen LogP contribution is 2.05. The lowest BCUT2D eigenvalue weighted by Gasteiger charge is -2.00. The highest BCUT2D eigenvalue weighted by atomic mass is 16.1. The van der Waals surface area contributed by atoms with Crippen LogP contribution >= 0.6 is 0 Å². The minimum atomic E-state index is 0.0379. The summed E-state index contributed by atoms with van der Waals surface area (Å²) in [5.74, 6) is 0.717. The number of rotatable bonds is 7. The lowest BCUT2D eigenvalue weighted by atomic mass is 10.1. The molecule has 0 saturated heterocycles. The molecule has 1 unspecified atom stereocenters. The van der Waals surface area contributed by atoms with E-state index >= 15 is 0 Å². The number of carbonyl (C=O) groups is 1.